The first kappa shape index (κ1) is 21.8. The molecule has 7 nitrogen and oxygen atoms in total. The Kier molecular flexibility index (Phi) is 8.13. The van der Waals surface area contributed by atoms with Gasteiger partial charge in [-0.25, -0.2) is 0 Å². The minimum absolute atomic E-state index is 0.165. The van der Waals surface area contributed by atoms with Gasteiger partial charge in [0, 0.05) is 37.7 Å². The number of nitriles is 1. The number of likely N-dealkylation sites (tertiary alicyclic amines) is 2. The minimum atomic E-state index is -0.577. The largest absolute Gasteiger partial charge is 0.497 e. The van der Waals surface area contributed by atoms with Gasteiger partial charge >= 0.3 is 0 Å². The van der Waals surface area contributed by atoms with Gasteiger partial charge < -0.3 is 24.6 Å². The predicted molar refractivity (Wildman–Crippen MR) is 110 cm³/mol. The Balaban J connectivity index is 1.55. The Labute approximate surface area is 173 Å². The lowest BCUT2D eigenvalue weighted by molar-refractivity contribution is 0.0334. The predicted octanol–water partition coefficient (Wildman–Crippen LogP) is 1.63. The van der Waals surface area contributed by atoms with Gasteiger partial charge in [-0.2, -0.15) is 5.26 Å². The zero-order valence-corrected chi connectivity index (χ0v) is 17.3. The van der Waals surface area contributed by atoms with E-state index in [0.29, 0.717) is 6.54 Å². The molecule has 0 bridgehead atoms. The fraction of sp³-hybridized carbons (Fsp3) is 0.682. The SMILES string of the molecule is COc1ccc(OCC(O)CN2CCC(O)CC2)c(CN2CCC(C#N)CC2)c1. The Morgan fingerprint density at radius 1 is 1.14 bits per heavy atom. The highest BCUT2D eigenvalue weighted by Gasteiger charge is 2.22. The molecule has 1 aromatic rings. The first-order chi connectivity index (χ1) is 14.1. The molecule has 7 heteroatoms. The molecular weight excluding hydrogens is 370 g/mol. The van der Waals surface area contributed by atoms with Gasteiger partial charge in [-0.1, -0.05) is 0 Å². The fourth-order valence-electron chi connectivity index (χ4n) is 4.05. The Morgan fingerprint density at radius 2 is 1.83 bits per heavy atom. The number of ether oxygens (including phenoxy) is 2. The van der Waals surface area contributed by atoms with E-state index in [1.165, 1.54) is 0 Å². The van der Waals surface area contributed by atoms with E-state index in [1.807, 2.05) is 18.2 Å². The average molecular weight is 404 g/mol. The van der Waals surface area contributed by atoms with Crippen molar-refractivity contribution in [3.05, 3.63) is 23.8 Å². The summed E-state index contributed by atoms with van der Waals surface area (Å²) in [6.07, 6.45) is 2.54. The normalized spacial score (nSPS) is 20.9. The molecule has 0 radical (unpaired) electrons. The number of nitrogens with zero attached hydrogens (tertiary/aromatic N) is 3. The molecule has 0 spiro atoms. The van der Waals surface area contributed by atoms with Gasteiger partial charge in [-0.05, 0) is 57.0 Å². The molecule has 2 heterocycles. The van der Waals surface area contributed by atoms with Crippen molar-refractivity contribution in [3.63, 3.8) is 0 Å². The van der Waals surface area contributed by atoms with Crippen molar-refractivity contribution in [1.82, 2.24) is 9.80 Å². The molecule has 1 atom stereocenters. The zero-order chi connectivity index (χ0) is 20.6. The van der Waals surface area contributed by atoms with Gasteiger partial charge in [-0.15, -0.1) is 0 Å². The van der Waals surface area contributed by atoms with E-state index >= 15 is 0 Å². The molecule has 2 aliphatic heterocycles. The number of hydrogen-bond acceptors (Lipinski definition) is 7. The van der Waals surface area contributed by atoms with Crippen LogP contribution in [0.5, 0.6) is 11.5 Å². The highest BCUT2D eigenvalue weighted by molar-refractivity contribution is 5.40. The first-order valence-corrected chi connectivity index (χ1v) is 10.6. The van der Waals surface area contributed by atoms with Gasteiger partial charge in [-0.3, -0.25) is 4.90 Å². The molecule has 0 aromatic heterocycles. The summed E-state index contributed by atoms with van der Waals surface area (Å²) in [4.78, 5) is 4.51. The summed E-state index contributed by atoms with van der Waals surface area (Å²) in [5.74, 6) is 1.71. The molecule has 0 saturated carbocycles. The zero-order valence-electron chi connectivity index (χ0n) is 17.3. The van der Waals surface area contributed by atoms with Gasteiger partial charge in [0.2, 0.25) is 0 Å². The number of aliphatic hydroxyl groups excluding tert-OH is 2. The smallest absolute Gasteiger partial charge is 0.124 e. The molecule has 1 aromatic carbocycles. The van der Waals surface area contributed by atoms with Crippen LogP contribution in [0, 0.1) is 17.2 Å². The van der Waals surface area contributed by atoms with E-state index in [0.717, 1.165) is 75.5 Å². The van der Waals surface area contributed by atoms with Crippen LogP contribution in [0.2, 0.25) is 0 Å². The fourth-order valence-corrected chi connectivity index (χ4v) is 4.05. The number of rotatable bonds is 8. The van der Waals surface area contributed by atoms with E-state index < -0.39 is 6.10 Å². The van der Waals surface area contributed by atoms with E-state index in [2.05, 4.69) is 15.9 Å². The third kappa shape index (κ3) is 6.58. The maximum absolute atomic E-state index is 10.4. The molecule has 1 unspecified atom stereocenters. The number of benzene rings is 1. The molecule has 2 saturated heterocycles. The van der Waals surface area contributed by atoms with Gasteiger partial charge in [0.25, 0.3) is 0 Å². The first-order valence-electron chi connectivity index (χ1n) is 10.6. The Morgan fingerprint density at radius 3 is 2.48 bits per heavy atom. The summed E-state index contributed by atoms with van der Waals surface area (Å²) in [7, 11) is 1.65. The standard InChI is InChI=1S/C22H33N3O4/c1-28-21-2-3-22(18(12-21)14-24-8-4-17(13-23)5-9-24)29-16-20(27)15-25-10-6-19(26)7-11-25/h2-3,12,17,19-20,26-27H,4-11,14-16H2,1H3. The summed E-state index contributed by atoms with van der Waals surface area (Å²) in [5, 5.41) is 29.1. The topological polar surface area (TPSA) is 89.2 Å². The van der Waals surface area contributed by atoms with Gasteiger partial charge in [0.05, 0.1) is 19.3 Å². The summed E-state index contributed by atoms with van der Waals surface area (Å²) >= 11 is 0. The number of aliphatic hydroxyl groups is 2. The second-order valence-corrected chi connectivity index (χ2v) is 8.15. The van der Waals surface area contributed by atoms with E-state index in [-0.39, 0.29) is 18.6 Å². The van der Waals surface area contributed by atoms with Crippen LogP contribution >= 0.6 is 0 Å². The summed E-state index contributed by atoms with van der Waals surface area (Å²) in [6.45, 7) is 4.95. The quantitative estimate of drug-likeness (QED) is 0.682. The third-order valence-electron chi connectivity index (χ3n) is 5.89. The van der Waals surface area contributed by atoms with E-state index in [9.17, 15) is 10.2 Å². The van der Waals surface area contributed by atoms with Crippen molar-refractivity contribution in [2.24, 2.45) is 5.92 Å². The van der Waals surface area contributed by atoms with E-state index in [1.54, 1.807) is 7.11 Å². The maximum Gasteiger partial charge on any atom is 0.124 e. The monoisotopic (exact) mass is 403 g/mol. The molecule has 0 amide bonds. The van der Waals surface area contributed by atoms with Crippen LogP contribution in [0.3, 0.4) is 0 Å². The van der Waals surface area contributed by atoms with Crippen molar-refractivity contribution in [3.8, 4) is 17.6 Å². The van der Waals surface area contributed by atoms with Crippen molar-refractivity contribution >= 4 is 0 Å². The molecular formula is C22H33N3O4. The van der Waals surface area contributed by atoms with Crippen LogP contribution in [0.15, 0.2) is 18.2 Å². The second kappa shape index (κ2) is 10.8. The van der Waals surface area contributed by atoms with E-state index in [4.69, 9.17) is 14.7 Å². The lowest BCUT2D eigenvalue weighted by atomic mass is 9.98. The van der Waals surface area contributed by atoms with Crippen LogP contribution in [0.25, 0.3) is 0 Å². The van der Waals surface area contributed by atoms with Crippen molar-refractivity contribution in [2.75, 3.05) is 46.4 Å². The van der Waals surface area contributed by atoms with Gasteiger partial charge in [0.1, 0.15) is 24.2 Å². The number of piperidine rings is 2. The highest BCUT2D eigenvalue weighted by atomic mass is 16.5. The maximum atomic E-state index is 10.4. The molecule has 2 fully saturated rings. The molecule has 2 N–H and O–H groups in total. The second-order valence-electron chi connectivity index (χ2n) is 8.15. The lowest BCUT2D eigenvalue weighted by Gasteiger charge is -2.31. The number of hydrogen-bond donors (Lipinski definition) is 2. The van der Waals surface area contributed by atoms with Crippen LogP contribution in [0.4, 0.5) is 0 Å². The summed E-state index contributed by atoms with van der Waals surface area (Å²) in [5.41, 5.74) is 1.04. The van der Waals surface area contributed by atoms with Crippen molar-refractivity contribution in [2.45, 2.75) is 44.4 Å². The highest BCUT2D eigenvalue weighted by Crippen LogP contribution is 2.27. The molecule has 160 valence electrons. The Bertz CT molecular complexity index is 677. The number of methoxy groups -OCH3 is 1. The third-order valence-corrected chi connectivity index (χ3v) is 5.89. The molecule has 0 aliphatic carbocycles. The van der Waals surface area contributed by atoms with Crippen molar-refractivity contribution in [1.29, 1.82) is 5.26 Å². The lowest BCUT2D eigenvalue weighted by Crippen LogP contribution is -2.41. The van der Waals surface area contributed by atoms with Crippen LogP contribution in [-0.4, -0.2) is 78.7 Å². The van der Waals surface area contributed by atoms with Crippen LogP contribution < -0.4 is 9.47 Å². The van der Waals surface area contributed by atoms with Crippen molar-refractivity contribution < 1.29 is 19.7 Å². The van der Waals surface area contributed by atoms with Gasteiger partial charge in [0.15, 0.2) is 0 Å². The summed E-state index contributed by atoms with van der Waals surface area (Å²) in [6, 6.07) is 8.14. The Hall–Kier alpha value is -1.85. The minimum Gasteiger partial charge on any atom is -0.497 e. The average Bonchev–Trinajstić information content (AvgIpc) is 2.75. The molecule has 3 rings (SSSR count). The van der Waals surface area contributed by atoms with Crippen LogP contribution in [-0.2, 0) is 6.54 Å². The number of β-amino-alcohol motifs (C(OH)–C–C–N with tert-alkyl or cyclic N) is 1. The molecule has 2 aliphatic rings. The molecule has 29 heavy (non-hydrogen) atoms. The van der Waals surface area contributed by atoms with Crippen LogP contribution in [0.1, 0.15) is 31.2 Å². The summed E-state index contributed by atoms with van der Waals surface area (Å²) < 4.78 is 11.4.